The van der Waals surface area contributed by atoms with Gasteiger partial charge in [0.2, 0.25) is 5.89 Å². The number of halogens is 1. The molecule has 0 fully saturated rings. The molecule has 0 N–H and O–H groups in total. The Morgan fingerprint density at radius 1 is 1.47 bits per heavy atom. The summed E-state index contributed by atoms with van der Waals surface area (Å²) >= 11 is 5.32. The fourth-order valence-electron chi connectivity index (χ4n) is 2.07. The van der Waals surface area contributed by atoms with Crippen LogP contribution in [0.3, 0.4) is 0 Å². The lowest BCUT2D eigenvalue weighted by Gasteiger charge is -1.97. The third-order valence-corrected chi connectivity index (χ3v) is 5.29. The third-order valence-electron chi connectivity index (χ3n) is 3.02. The SMILES string of the molecule is CCC(Br)c1nnc(-c2cc3c(s2)CCC3)o1. The Hall–Kier alpha value is -0.680. The first kappa shape index (κ1) is 11.4. The number of hydrogen-bond acceptors (Lipinski definition) is 4. The summed E-state index contributed by atoms with van der Waals surface area (Å²) in [4.78, 5) is 2.77. The van der Waals surface area contributed by atoms with E-state index in [1.807, 2.05) is 0 Å². The van der Waals surface area contributed by atoms with Crippen molar-refractivity contribution in [3.8, 4) is 10.8 Å². The molecule has 0 saturated carbocycles. The monoisotopic (exact) mass is 312 g/mol. The zero-order chi connectivity index (χ0) is 11.8. The summed E-state index contributed by atoms with van der Waals surface area (Å²) in [6.45, 7) is 2.09. The molecule has 5 heteroatoms. The Kier molecular flexibility index (Phi) is 3.04. The second-order valence-electron chi connectivity index (χ2n) is 4.23. The molecule has 17 heavy (non-hydrogen) atoms. The van der Waals surface area contributed by atoms with Crippen molar-refractivity contribution in [3.05, 3.63) is 22.4 Å². The second-order valence-corrected chi connectivity index (χ2v) is 6.48. The smallest absolute Gasteiger partial charge is 0.257 e. The van der Waals surface area contributed by atoms with E-state index in [9.17, 15) is 0 Å². The number of rotatable bonds is 3. The van der Waals surface area contributed by atoms with Crippen LogP contribution in [0, 0.1) is 0 Å². The predicted molar refractivity (Wildman–Crippen MR) is 71.6 cm³/mol. The summed E-state index contributed by atoms with van der Waals surface area (Å²) in [5.74, 6) is 1.34. The maximum absolute atomic E-state index is 5.70. The van der Waals surface area contributed by atoms with E-state index in [1.165, 1.54) is 29.7 Å². The molecule has 0 radical (unpaired) electrons. The number of aromatic nitrogens is 2. The summed E-state index contributed by atoms with van der Waals surface area (Å²) in [6, 6.07) is 2.21. The van der Waals surface area contributed by atoms with Gasteiger partial charge in [-0.3, -0.25) is 0 Å². The Labute approximate surface area is 112 Å². The molecule has 3 rings (SSSR count). The molecule has 90 valence electrons. The lowest BCUT2D eigenvalue weighted by molar-refractivity contribution is 0.501. The van der Waals surface area contributed by atoms with Gasteiger partial charge in [0.1, 0.15) is 0 Å². The molecule has 0 aromatic carbocycles. The van der Waals surface area contributed by atoms with Gasteiger partial charge in [0.15, 0.2) is 0 Å². The normalized spacial score (nSPS) is 16.1. The number of alkyl halides is 1. The fourth-order valence-corrected chi connectivity index (χ4v) is 3.43. The minimum absolute atomic E-state index is 0.163. The van der Waals surface area contributed by atoms with Crippen LogP contribution in [-0.2, 0) is 12.8 Å². The third kappa shape index (κ3) is 2.06. The van der Waals surface area contributed by atoms with Gasteiger partial charge < -0.3 is 4.42 Å². The standard InChI is InChI=1S/C12H13BrN2OS/c1-2-8(13)11-14-15-12(16-11)10-6-7-4-3-5-9(7)17-10/h6,8H,2-5H2,1H3. The maximum atomic E-state index is 5.70. The van der Waals surface area contributed by atoms with E-state index in [0.29, 0.717) is 11.8 Å². The highest BCUT2D eigenvalue weighted by atomic mass is 79.9. The van der Waals surface area contributed by atoms with Crippen LogP contribution in [-0.4, -0.2) is 10.2 Å². The molecule has 1 unspecified atom stereocenters. The van der Waals surface area contributed by atoms with E-state index < -0.39 is 0 Å². The van der Waals surface area contributed by atoms with Crippen molar-refractivity contribution in [3.63, 3.8) is 0 Å². The molecule has 2 aromatic heterocycles. The summed E-state index contributed by atoms with van der Waals surface area (Å²) in [6.07, 6.45) is 4.64. The van der Waals surface area contributed by atoms with Crippen molar-refractivity contribution >= 4 is 27.3 Å². The Bertz CT molecular complexity index is 513. The molecule has 0 amide bonds. The molecule has 0 saturated heterocycles. The van der Waals surface area contributed by atoms with Gasteiger partial charge >= 0.3 is 0 Å². The summed E-state index contributed by atoms with van der Waals surface area (Å²) in [5, 5.41) is 8.22. The molecular formula is C12H13BrN2OS. The van der Waals surface area contributed by atoms with Crippen LogP contribution in [0.4, 0.5) is 0 Å². The van der Waals surface area contributed by atoms with E-state index >= 15 is 0 Å². The highest BCUT2D eigenvalue weighted by molar-refractivity contribution is 9.09. The summed E-state index contributed by atoms with van der Waals surface area (Å²) in [7, 11) is 0. The average Bonchev–Trinajstić information content (AvgIpc) is 3.00. The molecule has 2 aromatic rings. The fraction of sp³-hybridized carbons (Fsp3) is 0.500. The molecule has 2 heterocycles. The molecule has 0 bridgehead atoms. The highest BCUT2D eigenvalue weighted by Crippen LogP contribution is 2.37. The van der Waals surface area contributed by atoms with E-state index in [1.54, 1.807) is 11.3 Å². The average molecular weight is 313 g/mol. The van der Waals surface area contributed by atoms with E-state index in [-0.39, 0.29) is 4.83 Å². The van der Waals surface area contributed by atoms with Crippen LogP contribution in [0.5, 0.6) is 0 Å². The molecular weight excluding hydrogens is 300 g/mol. The Morgan fingerprint density at radius 3 is 3.12 bits per heavy atom. The first-order valence-corrected chi connectivity index (χ1v) is 7.60. The first-order chi connectivity index (χ1) is 8.28. The first-order valence-electron chi connectivity index (χ1n) is 5.87. The minimum atomic E-state index is 0.163. The number of nitrogens with zero attached hydrogens (tertiary/aromatic N) is 2. The Morgan fingerprint density at radius 2 is 2.35 bits per heavy atom. The minimum Gasteiger partial charge on any atom is -0.419 e. The number of thiophene rings is 1. The zero-order valence-electron chi connectivity index (χ0n) is 9.57. The van der Waals surface area contributed by atoms with Crippen molar-refractivity contribution in [1.82, 2.24) is 10.2 Å². The lowest BCUT2D eigenvalue weighted by atomic mass is 10.2. The van der Waals surface area contributed by atoms with E-state index in [4.69, 9.17) is 4.42 Å². The number of fused-ring (bicyclic) bond motifs is 1. The number of aryl methyl sites for hydroxylation is 2. The van der Waals surface area contributed by atoms with Crippen molar-refractivity contribution in [2.45, 2.75) is 37.4 Å². The van der Waals surface area contributed by atoms with Gasteiger partial charge in [-0.15, -0.1) is 21.5 Å². The van der Waals surface area contributed by atoms with Crippen molar-refractivity contribution in [1.29, 1.82) is 0 Å². The quantitative estimate of drug-likeness (QED) is 0.800. The topological polar surface area (TPSA) is 38.9 Å². The van der Waals surface area contributed by atoms with E-state index in [0.717, 1.165) is 11.3 Å². The van der Waals surface area contributed by atoms with Crippen molar-refractivity contribution < 1.29 is 4.42 Å². The molecule has 1 aliphatic carbocycles. The summed E-state index contributed by atoms with van der Waals surface area (Å²) < 4.78 is 5.70. The van der Waals surface area contributed by atoms with Gasteiger partial charge in [-0.2, -0.15) is 0 Å². The van der Waals surface area contributed by atoms with Crippen molar-refractivity contribution in [2.24, 2.45) is 0 Å². The van der Waals surface area contributed by atoms with Gasteiger partial charge in [-0.1, -0.05) is 22.9 Å². The van der Waals surface area contributed by atoms with Crippen LogP contribution in [0.15, 0.2) is 10.5 Å². The number of hydrogen-bond donors (Lipinski definition) is 0. The van der Waals surface area contributed by atoms with Crippen LogP contribution in [0.2, 0.25) is 0 Å². The zero-order valence-corrected chi connectivity index (χ0v) is 12.0. The molecule has 0 aliphatic heterocycles. The predicted octanol–water partition coefficient (Wildman–Crippen LogP) is 4.13. The molecule has 0 spiro atoms. The van der Waals surface area contributed by atoms with Gasteiger partial charge in [0, 0.05) is 4.88 Å². The van der Waals surface area contributed by atoms with Crippen LogP contribution in [0.25, 0.3) is 10.8 Å². The molecule has 1 aliphatic rings. The van der Waals surface area contributed by atoms with Crippen LogP contribution < -0.4 is 0 Å². The van der Waals surface area contributed by atoms with Crippen LogP contribution in [0.1, 0.15) is 40.9 Å². The molecule has 1 atom stereocenters. The highest BCUT2D eigenvalue weighted by Gasteiger charge is 2.20. The van der Waals surface area contributed by atoms with Gasteiger partial charge in [0.05, 0.1) is 9.70 Å². The largest absolute Gasteiger partial charge is 0.419 e. The molecule has 3 nitrogen and oxygen atoms in total. The van der Waals surface area contributed by atoms with Gasteiger partial charge in [-0.05, 0) is 37.3 Å². The second kappa shape index (κ2) is 4.53. The maximum Gasteiger partial charge on any atom is 0.257 e. The van der Waals surface area contributed by atoms with Crippen molar-refractivity contribution in [2.75, 3.05) is 0 Å². The summed E-state index contributed by atoms with van der Waals surface area (Å²) in [5.41, 5.74) is 1.47. The van der Waals surface area contributed by atoms with Gasteiger partial charge in [0.25, 0.3) is 5.89 Å². The van der Waals surface area contributed by atoms with E-state index in [2.05, 4.69) is 39.1 Å². The Balaban J connectivity index is 1.90. The van der Waals surface area contributed by atoms with Crippen LogP contribution >= 0.6 is 27.3 Å². The lowest BCUT2D eigenvalue weighted by Crippen LogP contribution is -1.86. The van der Waals surface area contributed by atoms with Gasteiger partial charge in [-0.25, -0.2) is 0 Å².